The van der Waals surface area contributed by atoms with Gasteiger partial charge in [0.1, 0.15) is 0 Å². The molecule has 0 aliphatic rings. The number of likely N-dealkylation sites (N-methyl/N-ethyl adjacent to an activating group) is 1. The Bertz CT molecular complexity index is 289. The van der Waals surface area contributed by atoms with Crippen LogP contribution < -0.4 is 5.32 Å². The van der Waals surface area contributed by atoms with Crippen molar-refractivity contribution in [2.75, 3.05) is 7.05 Å². The molecule has 70 valence electrons. The summed E-state index contributed by atoms with van der Waals surface area (Å²) in [5, 5.41) is 2.93. The number of aryl methyl sites for hydroxylation is 1. The first kappa shape index (κ1) is 9.93. The number of benzene rings is 1. The Hall–Kier alpha value is -1.15. The van der Waals surface area contributed by atoms with Crippen molar-refractivity contribution < 1.29 is 4.79 Å². The molecule has 0 heterocycles. The Morgan fingerprint density at radius 1 is 1.31 bits per heavy atom. The highest BCUT2D eigenvalue weighted by Gasteiger charge is 2.11. The van der Waals surface area contributed by atoms with Crippen molar-refractivity contribution in [3.8, 4) is 0 Å². The van der Waals surface area contributed by atoms with E-state index in [1.807, 2.05) is 38.1 Å². The molecule has 2 heteroatoms. The number of carbonyl (C=O) groups is 1. The third kappa shape index (κ3) is 2.39. The first-order chi connectivity index (χ1) is 6.15. The van der Waals surface area contributed by atoms with Gasteiger partial charge in [0.2, 0.25) is 0 Å². The third-order valence-corrected chi connectivity index (χ3v) is 2.16. The maximum Gasteiger partial charge on any atom is 0.179 e. The highest BCUT2D eigenvalue weighted by molar-refractivity contribution is 5.99. The first-order valence-corrected chi connectivity index (χ1v) is 4.43. The van der Waals surface area contributed by atoms with E-state index in [4.69, 9.17) is 0 Å². The highest BCUT2D eigenvalue weighted by Crippen LogP contribution is 2.05. The quantitative estimate of drug-likeness (QED) is 0.715. The van der Waals surface area contributed by atoms with Crippen LogP contribution in [0.4, 0.5) is 0 Å². The molecule has 1 aromatic carbocycles. The monoisotopic (exact) mass is 178 g/mol. The molecule has 1 aromatic rings. The molecule has 1 rings (SSSR count). The van der Waals surface area contributed by atoms with Crippen LogP contribution in [0.2, 0.25) is 0 Å². The van der Waals surface area contributed by atoms with Crippen molar-refractivity contribution in [1.82, 2.24) is 5.32 Å². The van der Waals surface area contributed by atoms with Crippen molar-refractivity contribution >= 4 is 5.78 Å². The zero-order valence-corrected chi connectivity index (χ0v) is 8.29. The fraction of sp³-hybridized carbons (Fsp3) is 0.364. The molecule has 0 amide bonds. The van der Waals surface area contributed by atoms with Gasteiger partial charge in [0.25, 0.3) is 0 Å². The van der Waals surface area contributed by atoms with Gasteiger partial charge in [-0.3, -0.25) is 4.79 Å². The number of hydrogen-bond donors (Lipinski definition) is 1. The van der Waals surface area contributed by atoms with E-state index in [-0.39, 0.29) is 11.8 Å². The SMILES string of the molecule is CNC(C)C(=O)c1ccc(C)c[13cH]1. The van der Waals surface area contributed by atoms with E-state index in [0.29, 0.717) is 0 Å². The zero-order chi connectivity index (χ0) is 9.84. The molecule has 0 aliphatic heterocycles. The lowest BCUT2D eigenvalue weighted by molar-refractivity contribution is 0.0955. The van der Waals surface area contributed by atoms with E-state index in [1.165, 1.54) is 5.56 Å². The maximum absolute atomic E-state index is 11.6. The summed E-state index contributed by atoms with van der Waals surface area (Å²) in [7, 11) is 1.79. The third-order valence-electron chi connectivity index (χ3n) is 2.16. The topological polar surface area (TPSA) is 29.1 Å². The molecular weight excluding hydrogens is 163 g/mol. The Labute approximate surface area is 79.0 Å². The molecule has 0 saturated heterocycles. The molecule has 0 spiro atoms. The molecule has 0 radical (unpaired) electrons. The minimum Gasteiger partial charge on any atom is -0.310 e. The highest BCUT2D eigenvalue weighted by atomic mass is 16.1. The summed E-state index contributed by atoms with van der Waals surface area (Å²) in [4.78, 5) is 11.6. The average molecular weight is 178 g/mol. The molecule has 13 heavy (non-hydrogen) atoms. The van der Waals surface area contributed by atoms with Crippen molar-refractivity contribution in [2.45, 2.75) is 19.9 Å². The Balaban J connectivity index is 2.83. The van der Waals surface area contributed by atoms with Crippen LogP contribution in [0.1, 0.15) is 22.8 Å². The van der Waals surface area contributed by atoms with Gasteiger partial charge in [-0.15, -0.1) is 0 Å². The molecule has 1 N–H and O–H groups in total. The van der Waals surface area contributed by atoms with Gasteiger partial charge in [0.15, 0.2) is 5.78 Å². The number of hydrogen-bond acceptors (Lipinski definition) is 2. The lowest BCUT2D eigenvalue weighted by Crippen LogP contribution is -2.30. The predicted octanol–water partition coefficient (Wildman–Crippen LogP) is 1.79. The normalized spacial score (nSPS) is 12.5. The number of ketones is 1. The fourth-order valence-corrected chi connectivity index (χ4v) is 1.10. The van der Waals surface area contributed by atoms with Crippen LogP contribution in [0.15, 0.2) is 24.3 Å². The number of rotatable bonds is 3. The van der Waals surface area contributed by atoms with Gasteiger partial charge < -0.3 is 5.32 Å². The summed E-state index contributed by atoms with van der Waals surface area (Å²) in [5.74, 6) is 0.141. The average Bonchev–Trinajstić information content (AvgIpc) is 2.17. The minimum atomic E-state index is -0.109. The molecular formula is C11H15NO. The molecule has 0 fully saturated rings. The fourth-order valence-electron chi connectivity index (χ4n) is 1.10. The number of Topliss-reactive ketones (excluding diaryl/α,β-unsaturated/α-hetero) is 1. The summed E-state index contributed by atoms with van der Waals surface area (Å²) < 4.78 is 0. The molecule has 0 aliphatic carbocycles. The van der Waals surface area contributed by atoms with Crippen LogP contribution in [-0.4, -0.2) is 18.9 Å². The minimum absolute atomic E-state index is 0.109. The molecule has 0 saturated carbocycles. The summed E-state index contributed by atoms with van der Waals surface area (Å²) in [6.07, 6.45) is 0. The van der Waals surface area contributed by atoms with Crippen LogP contribution in [0, 0.1) is 6.92 Å². The van der Waals surface area contributed by atoms with E-state index in [1.54, 1.807) is 7.05 Å². The van der Waals surface area contributed by atoms with Gasteiger partial charge in [0.05, 0.1) is 6.04 Å². The second-order valence-electron chi connectivity index (χ2n) is 3.24. The van der Waals surface area contributed by atoms with Crippen LogP contribution in [-0.2, 0) is 0 Å². The second-order valence-corrected chi connectivity index (χ2v) is 3.24. The van der Waals surface area contributed by atoms with Crippen molar-refractivity contribution in [3.05, 3.63) is 35.4 Å². The van der Waals surface area contributed by atoms with Gasteiger partial charge in [-0.1, -0.05) is 29.8 Å². The Morgan fingerprint density at radius 2 is 1.85 bits per heavy atom. The smallest absolute Gasteiger partial charge is 0.179 e. The Kier molecular flexibility index (Phi) is 3.20. The van der Waals surface area contributed by atoms with Crippen molar-refractivity contribution in [3.63, 3.8) is 0 Å². The molecule has 1 unspecified atom stereocenters. The summed E-state index contributed by atoms with van der Waals surface area (Å²) in [5.41, 5.74) is 1.95. The van der Waals surface area contributed by atoms with E-state index < -0.39 is 0 Å². The van der Waals surface area contributed by atoms with Crippen LogP contribution >= 0.6 is 0 Å². The van der Waals surface area contributed by atoms with Gasteiger partial charge in [-0.2, -0.15) is 0 Å². The summed E-state index contributed by atoms with van der Waals surface area (Å²) >= 11 is 0. The molecule has 0 aromatic heterocycles. The number of nitrogens with one attached hydrogen (secondary N) is 1. The van der Waals surface area contributed by atoms with E-state index in [0.717, 1.165) is 5.56 Å². The van der Waals surface area contributed by atoms with Crippen molar-refractivity contribution in [2.24, 2.45) is 0 Å². The van der Waals surface area contributed by atoms with E-state index in [2.05, 4.69) is 5.32 Å². The van der Waals surface area contributed by atoms with Gasteiger partial charge >= 0.3 is 0 Å². The largest absolute Gasteiger partial charge is 0.310 e. The van der Waals surface area contributed by atoms with Crippen LogP contribution in [0.25, 0.3) is 0 Å². The van der Waals surface area contributed by atoms with E-state index >= 15 is 0 Å². The lowest BCUT2D eigenvalue weighted by atomic mass is 10.1. The summed E-state index contributed by atoms with van der Waals surface area (Å²) in [6, 6.07) is 7.53. The zero-order valence-electron chi connectivity index (χ0n) is 8.29. The standard InChI is InChI=1S/C11H15NO/c1-8-4-6-10(7-5-8)11(13)9(2)12-3/h4-7,9,12H,1-3H3/i6+1. The molecule has 2 nitrogen and oxygen atoms in total. The second kappa shape index (κ2) is 4.19. The number of carbonyl (C=O) groups excluding carboxylic acids is 1. The molecule has 1 atom stereocenters. The van der Waals surface area contributed by atoms with Gasteiger partial charge in [0, 0.05) is 5.56 Å². The van der Waals surface area contributed by atoms with E-state index in [9.17, 15) is 4.79 Å². The first-order valence-electron chi connectivity index (χ1n) is 4.43. The van der Waals surface area contributed by atoms with Crippen LogP contribution in [0.3, 0.4) is 0 Å². The van der Waals surface area contributed by atoms with Gasteiger partial charge in [-0.25, -0.2) is 0 Å². The van der Waals surface area contributed by atoms with Crippen molar-refractivity contribution in [1.29, 1.82) is 0 Å². The lowest BCUT2D eigenvalue weighted by Gasteiger charge is -2.08. The molecule has 0 bridgehead atoms. The summed E-state index contributed by atoms with van der Waals surface area (Å²) in [6.45, 7) is 3.87. The predicted molar refractivity (Wildman–Crippen MR) is 54.0 cm³/mol. The van der Waals surface area contributed by atoms with Gasteiger partial charge in [-0.05, 0) is 20.9 Å². The van der Waals surface area contributed by atoms with Crippen LogP contribution in [0.5, 0.6) is 0 Å². The maximum atomic E-state index is 11.6. The Morgan fingerprint density at radius 3 is 2.31 bits per heavy atom.